The number of amides is 2. The highest BCUT2D eigenvalue weighted by molar-refractivity contribution is 7.10. The molecule has 1 N–H and O–H groups in total. The third-order valence-electron chi connectivity index (χ3n) is 4.09. The molecule has 1 atom stereocenters. The molecule has 4 nitrogen and oxygen atoms in total. The van der Waals surface area contributed by atoms with Crippen molar-refractivity contribution in [1.82, 2.24) is 10.2 Å². The van der Waals surface area contributed by atoms with E-state index in [1.807, 2.05) is 6.07 Å². The molecule has 0 bridgehead atoms. The van der Waals surface area contributed by atoms with Crippen LogP contribution >= 0.6 is 11.3 Å². The van der Waals surface area contributed by atoms with Crippen LogP contribution in [-0.4, -0.2) is 29.8 Å². The van der Waals surface area contributed by atoms with Gasteiger partial charge in [-0.1, -0.05) is 32.0 Å². The van der Waals surface area contributed by atoms with Crippen LogP contribution < -0.4 is 5.32 Å². The Bertz CT molecular complexity index is 675. The molecule has 1 aromatic carbocycles. The number of nitrogens with zero attached hydrogens (tertiary/aromatic N) is 1. The predicted molar refractivity (Wildman–Crippen MR) is 91.7 cm³/mol. The van der Waals surface area contributed by atoms with Crippen LogP contribution in [0, 0.1) is 5.92 Å². The van der Waals surface area contributed by atoms with Gasteiger partial charge in [-0.2, -0.15) is 0 Å². The van der Waals surface area contributed by atoms with E-state index in [-0.39, 0.29) is 17.9 Å². The lowest BCUT2D eigenvalue weighted by molar-refractivity contribution is 0.0654. The fourth-order valence-electron chi connectivity index (χ4n) is 2.91. The van der Waals surface area contributed by atoms with Gasteiger partial charge in [0.15, 0.2) is 0 Å². The van der Waals surface area contributed by atoms with Crippen LogP contribution in [0.25, 0.3) is 0 Å². The van der Waals surface area contributed by atoms with Crippen LogP contribution in [-0.2, 0) is 0 Å². The quantitative estimate of drug-likeness (QED) is 0.828. The van der Waals surface area contributed by atoms with Crippen LogP contribution in [0.4, 0.5) is 0 Å². The number of imide groups is 1. The maximum atomic E-state index is 12.3. The van der Waals surface area contributed by atoms with E-state index < -0.39 is 0 Å². The number of rotatable bonds is 6. The van der Waals surface area contributed by atoms with Gasteiger partial charge in [0.25, 0.3) is 11.8 Å². The monoisotopic (exact) mass is 328 g/mol. The summed E-state index contributed by atoms with van der Waals surface area (Å²) in [7, 11) is 0. The van der Waals surface area contributed by atoms with Crippen molar-refractivity contribution in [1.29, 1.82) is 0 Å². The lowest BCUT2D eigenvalue weighted by Crippen LogP contribution is -2.38. The summed E-state index contributed by atoms with van der Waals surface area (Å²) in [6, 6.07) is 11.4. The number of carbonyl (C=O) groups is 2. The summed E-state index contributed by atoms with van der Waals surface area (Å²) < 4.78 is 0. The van der Waals surface area contributed by atoms with E-state index in [2.05, 4.69) is 30.6 Å². The van der Waals surface area contributed by atoms with Crippen molar-refractivity contribution < 1.29 is 9.59 Å². The minimum Gasteiger partial charge on any atom is -0.307 e. The summed E-state index contributed by atoms with van der Waals surface area (Å²) in [5.41, 5.74) is 1.02. The van der Waals surface area contributed by atoms with Gasteiger partial charge in [0, 0.05) is 24.0 Å². The first-order valence-corrected chi connectivity index (χ1v) is 8.69. The second-order valence-electron chi connectivity index (χ2n) is 6.00. The Kier molecular flexibility index (Phi) is 4.59. The number of fused-ring (bicyclic) bond motifs is 1. The minimum absolute atomic E-state index is 0.190. The fourth-order valence-corrected chi connectivity index (χ4v) is 3.88. The van der Waals surface area contributed by atoms with Crippen molar-refractivity contribution in [3.63, 3.8) is 0 Å². The van der Waals surface area contributed by atoms with E-state index in [4.69, 9.17) is 0 Å². The second kappa shape index (κ2) is 6.64. The molecule has 1 aromatic heterocycles. The van der Waals surface area contributed by atoms with E-state index in [1.54, 1.807) is 35.6 Å². The molecule has 1 aliphatic rings. The lowest BCUT2D eigenvalue weighted by Gasteiger charge is -2.23. The highest BCUT2D eigenvalue weighted by atomic mass is 32.1. The normalized spacial score (nSPS) is 15.3. The number of nitrogens with one attached hydrogen (secondary N) is 1. The molecule has 0 fully saturated rings. The predicted octanol–water partition coefficient (Wildman–Crippen LogP) is 3.33. The number of carbonyl (C=O) groups excluding carboxylic acids is 2. The standard InChI is InChI=1S/C18H20N2O2S/c1-12(2)16(15-8-5-11-23-15)19-9-10-20-17(21)13-6-3-4-7-14(13)18(20)22/h3-8,11-12,16,19H,9-10H2,1-2H3. The van der Waals surface area contributed by atoms with Gasteiger partial charge in [-0.3, -0.25) is 14.5 Å². The molecule has 5 heteroatoms. The Labute approximate surface area is 140 Å². The molecular weight excluding hydrogens is 308 g/mol. The number of hydrogen-bond donors (Lipinski definition) is 1. The smallest absolute Gasteiger partial charge is 0.261 e. The largest absolute Gasteiger partial charge is 0.307 e. The van der Waals surface area contributed by atoms with Gasteiger partial charge in [-0.25, -0.2) is 0 Å². The SMILES string of the molecule is CC(C)C(NCCN1C(=O)c2ccccc2C1=O)c1cccs1. The molecule has 0 radical (unpaired) electrons. The molecule has 23 heavy (non-hydrogen) atoms. The molecule has 2 aromatic rings. The summed E-state index contributed by atoms with van der Waals surface area (Å²) in [6.45, 7) is 5.31. The van der Waals surface area contributed by atoms with Crippen LogP contribution in [0.2, 0.25) is 0 Å². The van der Waals surface area contributed by atoms with Gasteiger partial charge in [0.1, 0.15) is 0 Å². The first kappa shape index (κ1) is 15.9. The van der Waals surface area contributed by atoms with Gasteiger partial charge < -0.3 is 5.32 Å². The molecule has 2 heterocycles. The highest BCUT2D eigenvalue weighted by Gasteiger charge is 2.34. The number of thiophene rings is 1. The molecule has 1 aliphatic heterocycles. The molecule has 0 saturated carbocycles. The summed E-state index contributed by atoms with van der Waals surface area (Å²) in [5, 5.41) is 5.55. The van der Waals surface area contributed by atoms with E-state index in [0.717, 1.165) is 0 Å². The minimum atomic E-state index is -0.190. The Morgan fingerprint density at radius 3 is 2.22 bits per heavy atom. The van der Waals surface area contributed by atoms with Crippen LogP contribution in [0.1, 0.15) is 45.5 Å². The van der Waals surface area contributed by atoms with Crippen LogP contribution in [0.5, 0.6) is 0 Å². The van der Waals surface area contributed by atoms with Crippen LogP contribution in [0.15, 0.2) is 41.8 Å². The summed E-state index contributed by atoms with van der Waals surface area (Å²) in [6.07, 6.45) is 0. The zero-order valence-electron chi connectivity index (χ0n) is 13.3. The van der Waals surface area contributed by atoms with Crippen LogP contribution in [0.3, 0.4) is 0 Å². The summed E-state index contributed by atoms with van der Waals surface area (Å²) in [5.74, 6) is 0.0602. The van der Waals surface area contributed by atoms with Crippen molar-refractivity contribution in [2.45, 2.75) is 19.9 Å². The highest BCUT2D eigenvalue weighted by Crippen LogP contribution is 2.26. The molecule has 2 amide bonds. The lowest BCUT2D eigenvalue weighted by atomic mass is 10.0. The molecule has 3 rings (SSSR count). The molecule has 1 unspecified atom stereocenters. The molecule has 0 spiro atoms. The average molecular weight is 328 g/mol. The van der Waals surface area contributed by atoms with Crippen molar-refractivity contribution in [2.75, 3.05) is 13.1 Å². The first-order valence-electron chi connectivity index (χ1n) is 7.81. The fraction of sp³-hybridized carbons (Fsp3) is 0.333. The van der Waals surface area contributed by atoms with Gasteiger partial charge in [0.05, 0.1) is 11.1 Å². The van der Waals surface area contributed by atoms with E-state index in [9.17, 15) is 9.59 Å². The first-order chi connectivity index (χ1) is 11.1. The molecule has 0 saturated heterocycles. The Balaban J connectivity index is 1.63. The van der Waals surface area contributed by atoms with Crippen molar-refractivity contribution in [3.8, 4) is 0 Å². The zero-order chi connectivity index (χ0) is 16.4. The zero-order valence-corrected chi connectivity index (χ0v) is 14.1. The Hall–Kier alpha value is -1.98. The number of hydrogen-bond acceptors (Lipinski definition) is 4. The topological polar surface area (TPSA) is 49.4 Å². The summed E-state index contributed by atoms with van der Waals surface area (Å²) >= 11 is 1.72. The Morgan fingerprint density at radius 2 is 1.70 bits per heavy atom. The van der Waals surface area contributed by atoms with Crippen molar-refractivity contribution in [3.05, 3.63) is 57.8 Å². The Morgan fingerprint density at radius 1 is 1.04 bits per heavy atom. The molecule has 120 valence electrons. The third kappa shape index (κ3) is 3.07. The van der Waals surface area contributed by atoms with Gasteiger partial charge >= 0.3 is 0 Å². The van der Waals surface area contributed by atoms with Gasteiger partial charge in [-0.15, -0.1) is 11.3 Å². The van der Waals surface area contributed by atoms with Crippen molar-refractivity contribution in [2.24, 2.45) is 5.92 Å². The molecular formula is C18H20N2O2S. The van der Waals surface area contributed by atoms with E-state index in [1.165, 1.54) is 9.78 Å². The van der Waals surface area contributed by atoms with Gasteiger partial charge in [0.2, 0.25) is 0 Å². The van der Waals surface area contributed by atoms with Crippen molar-refractivity contribution >= 4 is 23.2 Å². The maximum Gasteiger partial charge on any atom is 0.261 e. The van der Waals surface area contributed by atoms with E-state index >= 15 is 0 Å². The summed E-state index contributed by atoms with van der Waals surface area (Å²) in [4.78, 5) is 27.3. The van der Waals surface area contributed by atoms with E-state index in [0.29, 0.717) is 30.1 Å². The molecule has 0 aliphatic carbocycles. The number of benzene rings is 1. The average Bonchev–Trinajstić information content (AvgIpc) is 3.14. The maximum absolute atomic E-state index is 12.3. The van der Waals surface area contributed by atoms with Gasteiger partial charge in [-0.05, 0) is 29.5 Å². The third-order valence-corrected chi connectivity index (χ3v) is 5.05. The second-order valence-corrected chi connectivity index (χ2v) is 6.98.